The number of nitrogens with one attached hydrogen (secondary N) is 2. The fourth-order valence-corrected chi connectivity index (χ4v) is 3.26. The predicted molar refractivity (Wildman–Crippen MR) is 121 cm³/mol. The molecule has 0 saturated carbocycles. The molecule has 2 aromatic rings. The third-order valence-electron chi connectivity index (χ3n) is 4.77. The number of amides is 1. The Morgan fingerprint density at radius 3 is 2.39 bits per heavy atom. The van der Waals surface area contributed by atoms with Gasteiger partial charge >= 0.3 is 0 Å². The highest BCUT2D eigenvalue weighted by Crippen LogP contribution is 2.19. The van der Waals surface area contributed by atoms with Crippen LogP contribution in [0.2, 0.25) is 0 Å². The molecule has 5 nitrogen and oxygen atoms in total. The first-order valence-corrected chi connectivity index (χ1v) is 9.59. The van der Waals surface area contributed by atoms with Gasteiger partial charge in [-0.1, -0.05) is 38.0 Å². The standard InChI is InChI=1S/C21H28N4O.2ClH/c1-2-22-15-17-9-5-6-10-19(17)24-21(26)18-11-12-20(23-16-18)25-13-7-3-4-8-14-25;;/h5-6,9-12,16,22H,2-4,7-8,13-15H2,1H3,(H,24,26);2*1H. The van der Waals surface area contributed by atoms with Gasteiger partial charge in [-0.15, -0.1) is 24.8 Å². The summed E-state index contributed by atoms with van der Waals surface area (Å²) in [5.41, 5.74) is 2.51. The molecular weight excluding hydrogens is 395 g/mol. The molecule has 1 aliphatic rings. The van der Waals surface area contributed by atoms with Crippen LogP contribution >= 0.6 is 24.8 Å². The first-order valence-electron chi connectivity index (χ1n) is 9.59. The Kier molecular flexibility index (Phi) is 10.9. The first-order chi connectivity index (χ1) is 12.8. The van der Waals surface area contributed by atoms with E-state index in [0.29, 0.717) is 5.56 Å². The Labute approximate surface area is 180 Å². The highest BCUT2D eigenvalue weighted by atomic mass is 35.5. The predicted octanol–water partition coefficient (Wildman–Crippen LogP) is 4.67. The smallest absolute Gasteiger partial charge is 0.257 e. The summed E-state index contributed by atoms with van der Waals surface area (Å²) in [7, 11) is 0. The average molecular weight is 425 g/mol. The summed E-state index contributed by atoms with van der Waals surface area (Å²) in [5.74, 6) is 0.847. The van der Waals surface area contributed by atoms with Crippen molar-refractivity contribution in [2.24, 2.45) is 0 Å². The molecule has 1 saturated heterocycles. The van der Waals surface area contributed by atoms with Crippen LogP contribution in [-0.2, 0) is 6.54 Å². The van der Waals surface area contributed by atoms with Crippen LogP contribution in [0.3, 0.4) is 0 Å². The summed E-state index contributed by atoms with van der Waals surface area (Å²) in [6, 6.07) is 11.7. The number of hydrogen-bond donors (Lipinski definition) is 2. The van der Waals surface area contributed by atoms with E-state index in [9.17, 15) is 4.79 Å². The van der Waals surface area contributed by atoms with Gasteiger partial charge in [-0.05, 0) is 43.1 Å². The number of para-hydroxylation sites is 1. The maximum atomic E-state index is 12.6. The molecule has 0 spiro atoms. The van der Waals surface area contributed by atoms with Crippen molar-refractivity contribution in [3.05, 3.63) is 53.7 Å². The second-order valence-corrected chi connectivity index (χ2v) is 6.70. The Balaban J connectivity index is 0.00000196. The minimum Gasteiger partial charge on any atom is -0.357 e. The fraction of sp³-hybridized carbons (Fsp3) is 0.429. The molecule has 0 radical (unpaired) electrons. The summed E-state index contributed by atoms with van der Waals surface area (Å²) < 4.78 is 0. The van der Waals surface area contributed by atoms with E-state index >= 15 is 0 Å². The van der Waals surface area contributed by atoms with Crippen LogP contribution < -0.4 is 15.5 Å². The Bertz CT molecular complexity index is 717. The lowest BCUT2D eigenvalue weighted by Crippen LogP contribution is -2.25. The van der Waals surface area contributed by atoms with Crippen LogP contribution in [-0.4, -0.2) is 30.5 Å². The first kappa shape index (κ1) is 24.2. The third kappa shape index (κ3) is 6.66. The lowest BCUT2D eigenvalue weighted by Gasteiger charge is -2.21. The molecule has 0 unspecified atom stereocenters. The molecule has 2 N–H and O–H groups in total. The molecular formula is C21H30Cl2N4O. The van der Waals surface area contributed by atoms with Crippen LogP contribution in [0.5, 0.6) is 0 Å². The number of anilines is 2. The van der Waals surface area contributed by atoms with Crippen molar-refractivity contribution < 1.29 is 4.79 Å². The molecule has 154 valence electrons. The Morgan fingerprint density at radius 2 is 1.75 bits per heavy atom. The summed E-state index contributed by atoms with van der Waals surface area (Å²) in [4.78, 5) is 19.4. The lowest BCUT2D eigenvalue weighted by atomic mass is 10.1. The van der Waals surface area contributed by atoms with E-state index < -0.39 is 0 Å². The number of pyridine rings is 1. The molecule has 28 heavy (non-hydrogen) atoms. The molecule has 1 aromatic carbocycles. The van der Waals surface area contributed by atoms with Gasteiger partial charge in [-0.25, -0.2) is 4.98 Å². The second-order valence-electron chi connectivity index (χ2n) is 6.70. The average Bonchev–Trinajstić information content (AvgIpc) is 2.97. The Morgan fingerprint density at radius 1 is 1.04 bits per heavy atom. The number of benzene rings is 1. The molecule has 1 aromatic heterocycles. The van der Waals surface area contributed by atoms with E-state index in [1.54, 1.807) is 6.20 Å². The van der Waals surface area contributed by atoms with Gasteiger partial charge in [0.05, 0.1) is 5.56 Å². The molecule has 1 amide bonds. The van der Waals surface area contributed by atoms with E-state index in [4.69, 9.17) is 0 Å². The number of aromatic nitrogens is 1. The maximum absolute atomic E-state index is 12.6. The second kappa shape index (κ2) is 12.6. The van der Waals surface area contributed by atoms with Crippen molar-refractivity contribution in [3.8, 4) is 0 Å². The SMILES string of the molecule is CCNCc1ccccc1NC(=O)c1ccc(N2CCCCCC2)nc1.Cl.Cl. The van der Waals surface area contributed by atoms with Gasteiger partial charge in [-0.2, -0.15) is 0 Å². The van der Waals surface area contributed by atoms with Crippen molar-refractivity contribution in [3.63, 3.8) is 0 Å². The normalized spacial score (nSPS) is 13.7. The van der Waals surface area contributed by atoms with Crippen molar-refractivity contribution in [2.75, 3.05) is 29.9 Å². The topological polar surface area (TPSA) is 57.3 Å². The van der Waals surface area contributed by atoms with E-state index in [2.05, 4.69) is 27.4 Å². The minimum absolute atomic E-state index is 0. The summed E-state index contributed by atoms with van der Waals surface area (Å²) in [6.45, 7) is 5.80. The van der Waals surface area contributed by atoms with Gasteiger partial charge in [0.1, 0.15) is 5.82 Å². The molecule has 0 bridgehead atoms. The number of nitrogens with zero attached hydrogens (tertiary/aromatic N) is 2. The molecule has 7 heteroatoms. The number of carbonyl (C=O) groups is 1. The maximum Gasteiger partial charge on any atom is 0.257 e. The number of halogens is 2. The summed E-state index contributed by atoms with van der Waals surface area (Å²) in [6.07, 6.45) is 6.70. The fourth-order valence-electron chi connectivity index (χ4n) is 3.26. The zero-order valence-electron chi connectivity index (χ0n) is 16.3. The van der Waals surface area contributed by atoms with Gasteiger partial charge in [0.25, 0.3) is 5.91 Å². The van der Waals surface area contributed by atoms with E-state index in [1.165, 1.54) is 25.7 Å². The molecule has 3 rings (SSSR count). The summed E-state index contributed by atoms with van der Waals surface area (Å²) >= 11 is 0. The van der Waals surface area contributed by atoms with Crippen LogP contribution in [0, 0.1) is 0 Å². The van der Waals surface area contributed by atoms with Crippen LogP contribution in [0.1, 0.15) is 48.5 Å². The van der Waals surface area contributed by atoms with Crippen molar-refractivity contribution in [1.82, 2.24) is 10.3 Å². The molecule has 0 atom stereocenters. The van der Waals surface area contributed by atoms with Gasteiger partial charge in [0, 0.05) is 31.5 Å². The zero-order chi connectivity index (χ0) is 18.2. The number of rotatable bonds is 6. The highest BCUT2D eigenvalue weighted by Gasteiger charge is 2.13. The van der Waals surface area contributed by atoms with Gasteiger partial charge < -0.3 is 15.5 Å². The minimum atomic E-state index is -0.121. The largest absolute Gasteiger partial charge is 0.357 e. The van der Waals surface area contributed by atoms with Gasteiger partial charge in [0.15, 0.2) is 0 Å². The molecule has 2 heterocycles. The van der Waals surface area contributed by atoms with Crippen LogP contribution in [0.15, 0.2) is 42.6 Å². The van der Waals surface area contributed by atoms with E-state index in [-0.39, 0.29) is 30.7 Å². The quantitative estimate of drug-likeness (QED) is 0.707. The van der Waals surface area contributed by atoms with E-state index in [1.807, 2.05) is 36.4 Å². The summed E-state index contributed by atoms with van der Waals surface area (Å²) in [5, 5.41) is 6.31. The van der Waals surface area contributed by atoms with Crippen molar-refractivity contribution in [2.45, 2.75) is 39.2 Å². The zero-order valence-corrected chi connectivity index (χ0v) is 18.0. The third-order valence-corrected chi connectivity index (χ3v) is 4.77. The molecule has 1 fully saturated rings. The number of hydrogen-bond acceptors (Lipinski definition) is 4. The molecule has 0 aliphatic carbocycles. The van der Waals surface area contributed by atoms with Crippen molar-refractivity contribution in [1.29, 1.82) is 0 Å². The van der Waals surface area contributed by atoms with Crippen molar-refractivity contribution >= 4 is 42.2 Å². The van der Waals surface area contributed by atoms with Crippen LogP contribution in [0.4, 0.5) is 11.5 Å². The highest BCUT2D eigenvalue weighted by molar-refractivity contribution is 6.04. The monoisotopic (exact) mass is 424 g/mol. The Hall–Kier alpha value is -1.82. The lowest BCUT2D eigenvalue weighted by molar-refractivity contribution is 0.102. The number of carbonyl (C=O) groups excluding carboxylic acids is 1. The van der Waals surface area contributed by atoms with E-state index in [0.717, 1.165) is 43.2 Å². The molecule has 1 aliphatic heterocycles. The van der Waals surface area contributed by atoms with Gasteiger partial charge in [-0.3, -0.25) is 4.79 Å². The van der Waals surface area contributed by atoms with Crippen LogP contribution in [0.25, 0.3) is 0 Å². The van der Waals surface area contributed by atoms with Gasteiger partial charge in [0.2, 0.25) is 0 Å².